The lowest BCUT2D eigenvalue weighted by Gasteiger charge is -2.58. The third-order valence-corrected chi connectivity index (χ3v) is 7.24. The Morgan fingerprint density at radius 3 is 2.95 bits per heavy atom. The van der Waals surface area contributed by atoms with Gasteiger partial charge >= 0.3 is 0 Å². The Kier molecular flexibility index (Phi) is 2.90. The molecule has 0 radical (unpaired) electrons. The van der Waals surface area contributed by atoms with E-state index in [4.69, 9.17) is 0 Å². The van der Waals surface area contributed by atoms with Crippen molar-refractivity contribution in [2.24, 2.45) is 22.7 Å². The van der Waals surface area contributed by atoms with Crippen molar-refractivity contribution in [3.63, 3.8) is 0 Å². The molecule has 4 atom stereocenters. The highest BCUT2D eigenvalue weighted by molar-refractivity contribution is 5.44. The molecule has 0 aliphatic heterocycles. The molecule has 0 bridgehead atoms. The molecule has 0 amide bonds. The zero-order chi connectivity index (χ0) is 14.7. The average molecular weight is 280 g/mol. The van der Waals surface area contributed by atoms with Crippen LogP contribution in [0.25, 0.3) is 0 Å². The van der Waals surface area contributed by atoms with Crippen molar-refractivity contribution in [3.8, 4) is 0 Å². The highest BCUT2D eigenvalue weighted by Gasteiger charge is 2.59. The predicted octanol–water partition coefficient (Wildman–Crippen LogP) is 5.98. The fourth-order valence-corrected chi connectivity index (χ4v) is 6.10. The van der Waals surface area contributed by atoms with Crippen LogP contribution >= 0.6 is 0 Å². The number of hydrogen-bond acceptors (Lipinski definition) is 0. The third kappa shape index (κ3) is 1.62. The maximum Gasteiger partial charge on any atom is 0.00491 e. The number of rotatable bonds is 1. The topological polar surface area (TPSA) is 0 Å². The molecule has 2 fully saturated rings. The molecule has 4 rings (SSSR count). The highest BCUT2D eigenvalue weighted by atomic mass is 14.6. The first-order chi connectivity index (χ1) is 10.1. The normalized spacial score (nSPS) is 44.3. The zero-order valence-corrected chi connectivity index (χ0v) is 13.6. The van der Waals surface area contributed by atoms with Gasteiger partial charge in [0.05, 0.1) is 0 Å². The second kappa shape index (κ2) is 4.48. The Balaban J connectivity index is 1.84. The van der Waals surface area contributed by atoms with E-state index >= 15 is 0 Å². The van der Waals surface area contributed by atoms with Gasteiger partial charge in [-0.1, -0.05) is 54.0 Å². The quantitative estimate of drug-likeness (QED) is 0.518. The Labute approximate surface area is 129 Å². The molecule has 0 aromatic heterocycles. The molecular formula is C21H28. The van der Waals surface area contributed by atoms with E-state index in [2.05, 4.69) is 44.7 Å². The van der Waals surface area contributed by atoms with Gasteiger partial charge in [0, 0.05) is 10.8 Å². The molecule has 21 heavy (non-hydrogen) atoms. The van der Waals surface area contributed by atoms with E-state index in [1.54, 1.807) is 11.1 Å². The Morgan fingerprint density at radius 1 is 1.29 bits per heavy atom. The van der Waals surface area contributed by atoms with Crippen LogP contribution in [0, 0.1) is 22.7 Å². The standard InChI is InChI=1S/C21H28/c1-15(2)17-9-13-21-11-5-7-18-6-4-10-20(18,21)12-8-16(3)19(21)14-17/h5,7-8,12,17-18H,1,4,6,9-11,13-14H2,2-3H3/t17-,18+,20+,21-/m1/s1. The minimum absolute atomic E-state index is 0.452. The number of allylic oxidation sites excluding steroid dienone is 7. The van der Waals surface area contributed by atoms with Crippen LogP contribution in [0.2, 0.25) is 0 Å². The summed E-state index contributed by atoms with van der Waals surface area (Å²) in [6.07, 6.45) is 19.7. The molecule has 0 nitrogen and oxygen atoms in total. The van der Waals surface area contributed by atoms with E-state index in [-0.39, 0.29) is 0 Å². The van der Waals surface area contributed by atoms with Crippen LogP contribution in [0.15, 0.2) is 47.6 Å². The zero-order valence-electron chi connectivity index (χ0n) is 13.6. The summed E-state index contributed by atoms with van der Waals surface area (Å²) in [7, 11) is 0. The van der Waals surface area contributed by atoms with Crippen LogP contribution in [-0.4, -0.2) is 0 Å². The molecule has 4 aliphatic rings. The summed E-state index contributed by atoms with van der Waals surface area (Å²) in [5.74, 6) is 1.52. The van der Waals surface area contributed by atoms with Crippen LogP contribution in [0.4, 0.5) is 0 Å². The average Bonchev–Trinajstić information content (AvgIpc) is 2.90. The Bertz CT molecular complexity index is 573. The lowest BCUT2D eigenvalue weighted by atomic mass is 9.45. The summed E-state index contributed by atoms with van der Waals surface area (Å²) < 4.78 is 0. The lowest BCUT2D eigenvalue weighted by molar-refractivity contribution is 0.0473. The van der Waals surface area contributed by atoms with Crippen LogP contribution in [0.1, 0.15) is 58.8 Å². The van der Waals surface area contributed by atoms with Gasteiger partial charge in [-0.3, -0.25) is 0 Å². The summed E-state index contributed by atoms with van der Waals surface area (Å²) >= 11 is 0. The molecule has 0 unspecified atom stereocenters. The molecule has 0 aromatic carbocycles. The van der Waals surface area contributed by atoms with Crippen molar-refractivity contribution in [2.45, 2.75) is 58.8 Å². The van der Waals surface area contributed by atoms with Gasteiger partial charge in [0.1, 0.15) is 0 Å². The van der Waals surface area contributed by atoms with Crippen molar-refractivity contribution in [1.29, 1.82) is 0 Å². The van der Waals surface area contributed by atoms with E-state index in [0.29, 0.717) is 10.8 Å². The summed E-state index contributed by atoms with van der Waals surface area (Å²) in [6, 6.07) is 0. The first-order valence-corrected chi connectivity index (χ1v) is 8.81. The lowest BCUT2D eigenvalue weighted by Crippen LogP contribution is -2.50. The maximum atomic E-state index is 4.25. The molecule has 0 heterocycles. The van der Waals surface area contributed by atoms with Gasteiger partial charge in [-0.15, -0.1) is 0 Å². The molecule has 112 valence electrons. The van der Waals surface area contributed by atoms with E-state index < -0.39 is 0 Å². The SMILES string of the molecule is C=C(C)[C@@H]1CC[C@@]23CC=C[C@@H]4CCC[C@]42C=CC(C)=C3C1. The van der Waals surface area contributed by atoms with E-state index in [9.17, 15) is 0 Å². The third-order valence-electron chi connectivity index (χ3n) is 7.24. The second-order valence-electron chi connectivity index (χ2n) is 8.03. The van der Waals surface area contributed by atoms with Crippen LogP contribution < -0.4 is 0 Å². The van der Waals surface area contributed by atoms with E-state index in [0.717, 1.165) is 11.8 Å². The minimum Gasteiger partial charge on any atom is -0.0998 e. The first-order valence-electron chi connectivity index (χ1n) is 8.81. The van der Waals surface area contributed by atoms with Gasteiger partial charge in [0.25, 0.3) is 0 Å². The summed E-state index contributed by atoms with van der Waals surface area (Å²) in [4.78, 5) is 0. The fourth-order valence-electron chi connectivity index (χ4n) is 6.10. The Hall–Kier alpha value is -1.04. The minimum atomic E-state index is 0.452. The summed E-state index contributed by atoms with van der Waals surface area (Å²) in [6.45, 7) is 8.83. The molecule has 0 aromatic rings. The smallest absolute Gasteiger partial charge is 0.00491 e. The van der Waals surface area contributed by atoms with Crippen LogP contribution in [-0.2, 0) is 0 Å². The van der Waals surface area contributed by atoms with Crippen LogP contribution in [0.5, 0.6) is 0 Å². The van der Waals surface area contributed by atoms with Crippen molar-refractivity contribution in [1.82, 2.24) is 0 Å². The van der Waals surface area contributed by atoms with Crippen molar-refractivity contribution >= 4 is 0 Å². The monoisotopic (exact) mass is 280 g/mol. The van der Waals surface area contributed by atoms with E-state index in [1.165, 1.54) is 50.5 Å². The summed E-state index contributed by atoms with van der Waals surface area (Å²) in [5, 5.41) is 0. The molecule has 4 aliphatic carbocycles. The van der Waals surface area contributed by atoms with Crippen molar-refractivity contribution in [3.05, 3.63) is 47.6 Å². The molecule has 0 N–H and O–H groups in total. The van der Waals surface area contributed by atoms with E-state index in [1.807, 2.05) is 0 Å². The second-order valence-corrected chi connectivity index (χ2v) is 8.03. The predicted molar refractivity (Wildman–Crippen MR) is 90.0 cm³/mol. The molecule has 2 spiro atoms. The van der Waals surface area contributed by atoms with Crippen molar-refractivity contribution < 1.29 is 0 Å². The summed E-state index contributed by atoms with van der Waals surface area (Å²) in [5.41, 5.74) is 5.65. The maximum absolute atomic E-state index is 4.25. The fraction of sp³-hybridized carbons (Fsp3) is 0.619. The van der Waals surface area contributed by atoms with Gasteiger partial charge in [0.2, 0.25) is 0 Å². The largest absolute Gasteiger partial charge is 0.0998 e. The first kappa shape index (κ1) is 13.6. The van der Waals surface area contributed by atoms with Crippen molar-refractivity contribution in [2.75, 3.05) is 0 Å². The molecular weight excluding hydrogens is 252 g/mol. The van der Waals surface area contributed by atoms with Crippen LogP contribution in [0.3, 0.4) is 0 Å². The molecule has 0 saturated heterocycles. The van der Waals surface area contributed by atoms with Gasteiger partial charge in [0.15, 0.2) is 0 Å². The van der Waals surface area contributed by atoms with Gasteiger partial charge in [-0.25, -0.2) is 0 Å². The van der Waals surface area contributed by atoms with Gasteiger partial charge < -0.3 is 0 Å². The Morgan fingerprint density at radius 2 is 2.14 bits per heavy atom. The highest BCUT2D eigenvalue weighted by Crippen LogP contribution is 2.69. The number of hydrogen-bond donors (Lipinski definition) is 0. The molecule has 2 saturated carbocycles. The molecule has 0 heteroatoms. The van der Waals surface area contributed by atoms with Gasteiger partial charge in [-0.2, -0.15) is 0 Å². The van der Waals surface area contributed by atoms with Gasteiger partial charge in [-0.05, 0) is 64.2 Å².